The van der Waals surface area contributed by atoms with Crippen LogP contribution in [-0.2, 0) is 6.42 Å². The largest absolute Gasteiger partial charge is 0.497 e. The summed E-state index contributed by atoms with van der Waals surface area (Å²) in [7, 11) is 3.36. The fourth-order valence-electron chi connectivity index (χ4n) is 1.74. The Hall–Kier alpha value is -0.700. The van der Waals surface area contributed by atoms with Crippen LogP contribution in [0.4, 0.5) is 0 Å². The highest BCUT2D eigenvalue weighted by molar-refractivity contribution is 9.09. The summed E-state index contributed by atoms with van der Waals surface area (Å²) in [5.41, 5.74) is 1.53. The number of hydrogen-bond donors (Lipinski definition) is 0. The molecule has 1 aromatic carbocycles. The van der Waals surface area contributed by atoms with Crippen LogP contribution in [0.5, 0.6) is 11.5 Å². The lowest BCUT2D eigenvalue weighted by Gasteiger charge is -2.25. The molecule has 18 heavy (non-hydrogen) atoms. The molecule has 0 aliphatic carbocycles. The maximum absolute atomic E-state index is 5.28. The minimum atomic E-state index is 0.281. The SMILES string of the molecule is COc1cc(CCC(Br)C(C)(C)C)cc(OC)c1. The quantitative estimate of drug-likeness (QED) is 0.748. The Morgan fingerprint density at radius 2 is 1.56 bits per heavy atom. The summed E-state index contributed by atoms with van der Waals surface area (Å²) in [6, 6.07) is 6.05. The molecular weight excluding hydrogens is 292 g/mol. The van der Waals surface area contributed by atoms with Gasteiger partial charge in [-0.25, -0.2) is 0 Å². The molecule has 0 fully saturated rings. The number of rotatable bonds is 5. The predicted octanol–water partition coefficient (Wildman–Crippen LogP) is 4.45. The molecular formula is C15H23BrO2. The van der Waals surface area contributed by atoms with Crippen LogP contribution in [0.1, 0.15) is 32.8 Å². The maximum Gasteiger partial charge on any atom is 0.122 e. The van der Waals surface area contributed by atoms with E-state index in [2.05, 4.69) is 48.8 Å². The van der Waals surface area contributed by atoms with Crippen molar-refractivity contribution in [2.24, 2.45) is 5.41 Å². The third-order valence-corrected chi connectivity index (χ3v) is 4.87. The lowest BCUT2D eigenvalue weighted by molar-refractivity contribution is 0.383. The molecule has 0 N–H and O–H groups in total. The van der Waals surface area contributed by atoms with Gasteiger partial charge in [-0.1, -0.05) is 36.7 Å². The molecule has 0 heterocycles. The Morgan fingerprint density at radius 1 is 1.06 bits per heavy atom. The molecule has 0 aliphatic heterocycles. The van der Waals surface area contributed by atoms with Crippen molar-refractivity contribution in [3.8, 4) is 11.5 Å². The summed E-state index contributed by atoms with van der Waals surface area (Å²) >= 11 is 3.76. The second kappa shape index (κ2) is 6.46. The minimum absolute atomic E-state index is 0.281. The third kappa shape index (κ3) is 4.52. The van der Waals surface area contributed by atoms with Gasteiger partial charge in [0.1, 0.15) is 11.5 Å². The first-order chi connectivity index (χ1) is 8.36. The monoisotopic (exact) mass is 314 g/mol. The zero-order valence-corrected chi connectivity index (χ0v) is 13.5. The highest BCUT2D eigenvalue weighted by Crippen LogP contribution is 2.31. The third-order valence-electron chi connectivity index (χ3n) is 3.04. The summed E-state index contributed by atoms with van der Waals surface area (Å²) in [4.78, 5) is 0.502. The van der Waals surface area contributed by atoms with E-state index in [-0.39, 0.29) is 5.41 Å². The molecule has 0 bridgehead atoms. The van der Waals surface area contributed by atoms with Crippen molar-refractivity contribution in [2.45, 2.75) is 38.4 Å². The second-order valence-electron chi connectivity index (χ2n) is 5.59. The van der Waals surface area contributed by atoms with Crippen LogP contribution in [-0.4, -0.2) is 19.0 Å². The minimum Gasteiger partial charge on any atom is -0.497 e. The van der Waals surface area contributed by atoms with Crippen molar-refractivity contribution in [3.63, 3.8) is 0 Å². The number of hydrogen-bond acceptors (Lipinski definition) is 2. The van der Waals surface area contributed by atoms with Gasteiger partial charge in [0.2, 0.25) is 0 Å². The van der Waals surface area contributed by atoms with E-state index in [4.69, 9.17) is 9.47 Å². The van der Waals surface area contributed by atoms with Crippen LogP contribution < -0.4 is 9.47 Å². The van der Waals surface area contributed by atoms with Crippen molar-refractivity contribution in [3.05, 3.63) is 23.8 Å². The van der Waals surface area contributed by atoms with Gasteiger partial charge in [-0.2, -0.15) is 0 Å². The number of ether oxygens (including phenoxy) is 2. The molecule has 0 saturated carbocycles. The molecule has 1 atom stereocenters. The van der Waals surface area contributed by atoms with E-state index in [1.807, 2.05) is 6.07 Å². The molecule has 1 rings (SSSR count). The van der Waals surface area contributed by atoms with Gasteiger partial charge < -0.3 is 9.47 Å². The Balaban J connectivity index is 2.72. The molecule has 1 aromatic rings. The Kier molecular flexibility index (Phi) is 5.51. The fourth-order valence-corrected chi connectivity index (χ4v) is 1.97. The summed E-state index contributed by atoms with van der Waals surface area (Å²) in [6.45, 7) is 6.75. The van der Waals surface area contributed by atoms with E-state index in [9.17, 15) is 0 Å². The molecule has 3 heteroatoms. The summed E-state index contributed by atoms with van der Waals surface area (Å²) in [5.74, 6) is 1.71. The standard InChI is InChI=1S/C15H23BrO2/c1-15(2,3)14(16)7-6-11-8-12(17-4)10-13(9-11)18-5/h8-10,14H,6-7H2,1-5H3. The number of methoxy groups -OCH3 is 2. The second-order valence-corrected chi connectivity index (χ2v) is 6.70. The predicted molar refractivity (Wildman–Crippen MR) is 80.0 cm³/mol. The van der Waals surface area contributed by atoms with Crippen LogP contribution in [0, 0.1) is 5.41 Å². The van der Waals surface area contributed by atoms with Crippen LogP contribution in [0.2, 0.25) is 0 Å². The van der Waals surface area contributed by atoms with Crippen LogP contribution >= 0.6 is 15.9 Å². The zero-order chi connectivity index (χ0) is 13.8. The van der Waals surface area contributed by atoms with Gasteiger partial charge in [0.05, 0.1) is 14.2 Å². The van der Waals surface area contributed by atoms with Crippen LogP contribution in [0.3, 0.4) is 0 Å². The Labute approximate surface area is 119 Å². The first-order valence-corrected chi connectivity index (χ1v) is 7.14. The van der Waals surface area contributed by atoms with Crippen molar-refractivity contribution < 1.29 is 9.47 Å². The van der Waals surface area contributed by atoms with Crippen molar-refractivity contribution in [1.29, 1.82) is 0 Å². The average molecular weight is 315 g/mol. The van der Waals surface area contributed by atoms with Gasteiger partial charge >= 0.3 is 0 Å². The van der Waals surface area contributed by atoms with E-state index >= 15 is 0 Å². The summed E-state index contributed by atoms with van der Waals surface area (Å²) < 4.78 is 10.6. The van der Waals surface area contributed by atoms with Crippen molar-refractivity contribution >= 4 is 15.9 Å². The van der Waals surface area contributed by atoms with E-state index in [1.165, 1.54) is 5.56 Å². The lowest BCUT2D eigenvalue weighted by Crippen LogP contribution is -2.20. The first-order valence-electron chi connectivity index (χ1n) is 6.23. The zero-order valence-electron chi connectivity index (χ0n) is 11.9. The first kappa shape index (κ1) is 15.4. The highest BCUT2D eigenvalue weighted by atomic mass is 79.9. The molecule has 0 aliphatic rings. The molecule has 1 unspecified atom stereocenters. The van der Waals surface area contributed by atoms with E-state index in [1.54, 1.807) is 14.2 Å². The maximum atomic E-state index is 5.28. The Morgan fingerprint density at radius 3 is 1.94 bits per heavy atom. The topological polar surface area (TPSA) is 18.5 Å². The molecule has 102 valence electrons. The summed E-state index contributed by atoms with van der Waals surface area (Å²) in [6.07, 6.45) is 2.11. The Bertz CT molecular complexity index is 360. The van der Waals surface area contributed by atoms with Crippen LogP contribution in [0.25, 0.3) is 0 Å². The van der Waals surface area contributed by atoms with Crippen LogP contribution in [0.15, 0.2) is 18.2 Å². The lowest BCUT2D eigenvalue weighted by atomic mass is 9.89. The summed E-state index contributed by atoms with van der Waals surface area (Å²) in [5, 5.41) is 0. The van der Waals surface area contributed by atoms with Gasteiger partial charge in [0, 0.05) is 10.9 Å². The number of alkyl halides is 1. The number of benzene rings is 1. The van der Waals surface area contributed by atoms with Crippen molar-refractivity contribution in [2.75, 3.05) is 14.2 Å². The van der Waals surface area contributed by atoms with Gasteiger partial charge in [-0.15, -0.1) is 0 Å². The van der Waals surface area contributed by atoms with E-state index in [0.29, 0.717) is 4.83 Å². The average Bonchev–Trinajstić information content (AvgIpc) is 2.34. The number of aryl methyl sites for hydroxylation is 1. The van der Waals surface area contributed by atoms with Crippen molar-refractivity contribution in [1.82, 2.24) is 0 Å². The molecule has 0 aromatic heterocycles. The molecule has 0 spiro atoms. The van der Waals surface area contributed by atoms with E-state index < -0.39 is 0 Å². The smallest absolute Gasteiger partial charge is 0.122 e. The highest BCUT2D eigenvalue weighted by Gasteiger charge is 2.21. The van der Waals surface area contributed by atoms with E-state index in [0.717, 1.165) is 24.3 Å². The molecule has 2 nitrogen and oxygen atoms in total. The normalized spacial score (nSPS) is 13.2. The van der Waals surface area contributed by atoms with Gasteiger partial charge in [0.15, 0.2) is 0 Å². The molecule has 0 saturated heterocycles. The molecule has 0 amide bonds. The fraction of sp³-hybridized carbons (Fsp3) is 0.600. The molecule has 0 radical (unpaired) electrons. The van der Waals surface area contributed by atoms with Gasteiger partial charge in [0.25, 0.3) is 0 Å². The van der Waals surface area contributed by atoms with Gasteiger partial charge in [-0.05, 0) is 36.0 Å². The number of halogens is 1. The van der Waals surface area contributed by atoms with Gasteiger partial charge in [-0.3, -0.25) is 0 Å².